The maximum atomic E-state index is 11.5. The molecule has 0 aliphatic heterocycles. The molecule has 5 heteroatoms. The Morgan fingerprint density at radius 2 is 1.59 bits per heavy atom. The van der Waals surface area contributed by atoms with E-state index in [2.05, 4.69) is 29.6 Å². The number of nitrogens with one attached hydrogen (secondary N) is 1. The van der Waals surface area contributed by atoms with Gasteiger partial charge in [0.2, 0.25) is 5.91 Å². The molecule has 0 aliphatic carbocycles. The Morgan fingerprint density at radius 1 is 0.931 bits per heavy atom. The Balaban J connectivity index is 1.73. The Bertz CT molecular complexity index is 768. The number of unbranched alkanes of at least 4 members (excludes halogenated alkanes) is 2. The molecular weight excluding hydrogens is 366 g/mol. The van der Waals surface area contributed by atoms with Crippen LogP contribution in [0.2, 0.25) is 0 Å². The van der Waals surface area contributed by atoms with Gasteiger partial charge in [-0.1, -0.05) is 36.8 Å². The summed E-state index contributed by atoms with van der Waals surface area (Å²) in [5.41, 5.74) is 0.783. The summed E-state index contributed by atoms with van der Waals surface area (Å²) in [5, 5.41) is 2.89. The van der Waals surface area contributed by atoms with Crippen LogP contribution in [0.4, 0.5) is 0 Å². The molecule has 1 aromatic heterocycles. The van der Waals surface area contributed by atoms with Gasteiger partial charge in [-0.3, -0.25) is 9.59 Å². The summed E-state index contributed by atoms with van der Waals surface area (Å²) >= 11 is 0. The molecule has 2 aromatic rings. The normalized spacial score (nSPS) is 12.9. The standard InChI is InChI=1S/C24H33NO4/c1-19(26)25-24(3,18-28-20(2)27)17-16-23-15-14-22(29-23)13-9-5-8-12-21-10-6-4-7-11-21/h4,6-7,10-11,14-15H,5,8-9,12-13,16-18H2,1-3H3,(H,25,26)/t24-/m1/s1. The lowest BCUT2D eigenvalue weighted by molar-refractivity contribution is -0.144. The molecule has 1 N–H and O–H groups in total. The van der Waals surface area contributed by atoms with E-state index in [9.17, 15) is 9.59 Å². The van der Waals surface area contributed by atoms with Gasteiger partial charge in [0.1, 0.15) is 18.1 Å². The number of carbonyl (C=O) groups is 2. The smallest absolute Gasteiger partial charge is 0.302 e. The van der Waals surface area contributed by atoms with Gasteiger partial charge in [-0.2, -0.15) is 0 Å². The molecule has 1 amide bonds. The van der Waals surface area contributed by atoms with E-state index in [1.165, 1.54) is 32.3 Å². The molecule has 0 fully saturated rings. The van der Waals surface area contributed by atoms with Gasteiger partial charge in [-0.05, 0) is 50.3 Å². The number of amides is 1. The van der Waals surface area contributed by atoms with Crippen LogP contribution in [0.5, 0.6) is 0 Å². The van der Waals surface area contributed by atoms with E-state index in [0.29, 0.717) is 12.8 Å². The fraction of sp³-hybridized carbons (Fsp3) is 0.500. The maximum Gasteiger partial charge on any atom is 0.302 e. The van der Waals surface area contributed by atoms with Gasteiger partial charge in [0.25, 0.3) is 0 Å². The number of hydrogen-bond donors (Lipinski definition) is 1. The highest BCUT2D eigenvalue weighted by Gasteiger charge is 2.27. The lowest BCUT2D eigenvalue weighted by Crippen LogP contribution is -2.49. The van der Waals surface area contributed by atoms with Crippen LogP contribution in [0.1, 0.15) is 63.5 Å². The summed E-state index contributed by atoms with van der Waals surface area (Å²) in [6.45, 7) is 4.87. The molecular formula is C24H33NO4. The topological polar surface area (TPSA) is 68.5 Å². The quantitative estimate of drug-likeness (QED) is 0.417. The molecule has 1 heterocycles. The highest BCUT2D eigenvalue weighted by Crippen LogP contribution is 2.19. The molecule has 1 atom stereocenters. The zero-order valence-corrected chi connectivity index (χ0v) is 17.8. The highest BCUT2D eigenvalue weighted by atomic mass is 16.5. The number of ether oxygens (including phenoxy) is 1. The predicted molar refractivity (Wildman–Crippen MR) is 114 cm³/mol. The molecule has 29 heavy (non-hydrogen) atoms. The van der Waals surface area contributed by atoms with Crippen molar-refractivity contribution in [2.75, 3.05) is 6.61 Å². The zero-order chi connectivity index (χ0) is 21.1. The second kappa shape index (κ2) is 11.4. The number of benzene rings is 1. The lowest BCUT2D eigenvalue weighted by atomic mass is 9.96. The molecule has 0 saturated heterocycles. The van der Waals surface area contributed by atoms with Gasteiger partial charge >= 0.3 is 5.97 Å². The van der Waals surface area contributed by atoms with Crippen LogP contribution in [0, 0.1) is 0 Å². The molecule has 2 rings (SSSR count). The van der Waals surface area contributed by atoms with E-state index in [4.69, 9.17) is 9.15 Å². The van der Waals surface area contributed by atoms with E-state index in [1.807, 2.05) is 25.1 Å². The summed E-state index contributed by atoms with van der Waals surface area (Å²) < 4.78 is 11.1. The summed E-state index contributed by atoms with van der Waals surface area (Å²) in [5.74, 6) is 1.40. The minimum Gasteiger partial charge on any atom is -0.466 e. The SMILES string of the molecule is CC(=O)N[C@](C)(CCc1ccc(CCCCCc2ccccc2)o1)COC(C)=O. The Hall–Kier alpha value is -2.56. The van der Waals surface area contributed by atoms with E-state index < -0.39 is 5.54 Å². The molecule has 0 unspecified atom stereocenters. The Labute approximate surface area is 173 Å². The zero-order valence-electron chi connectivity index (χ0n) is 17.8. The number of hydrogen-bond acceptors (Lipinski definition) is 4. The van der Waals surface area contributed by atoms with Gasteiger partial charge in [0.05, 0.1) is 5.54 Å². The van der Waals surface area contributed by atoms with Crippen molar-refractivity contribution in [3.8, 4) is 0 Å². The van der Waals surface area contributed by atoms with Crippen molar-refractivity contribution in [3.63, 3.8) is 0 Å². The van der Waals surface area contributed by atoms with Gasteiger partial charge < -0.3 is 14.5 Å². The molecule has 5 nitrogen and oxygen atoms in total. The fourth-order valence-electron chi connectivity index (χ4n) is 3.40. The summed E-state index contributed by atoms with van der Waals surface area (Å²) in [6, 6.07) is 14.6. The molecule has 1 aromatic carbocycles. The number of rotatable bonds is 12. The predicted octanol–water partition coefficient (Wildman–Crippen LogP) is 4.63. The Kier molecular flexibility index (Phi) is 8.97. The molecule has 0 radical (unpaired) electrons. The van der Waals surface area contributed by atoms with Crippen LogP contribution in [-0.4, -0.2) is 24.0 Å². The number of furan rings is 1. The van der Waals surface area contributed by atoms with Crippen LogP contribution in [0.15, 0.2) is 46.9 Å². The largest absolute Gasteiger partial charge is 0.466 e. The van der Waals surface area contributed by atoms with Gasteiger partial charge in [-0.25, -0.2) is 0 Å². The number of esters is 1. The van der Waals surface area contributed by atoms with E-state index in [-0.39, 0.29) is 18.5 Å². The average molecular weight is 400 g/mol. The van der Waals surface area contributed by atoms with Gasteiger partial charge in [-0.15, -0.1) is 0 Å². The van der Waals surface area contributed by atoms with E-state index in [1.54, 1.807) is 0 Å². The van der Waals surface area contributed by atoms with Crippen molar-refractivity contribution in [3.05, 3.63) is 59.5 Å². The first-order valence-electron chi connectivity index (χ1n) is 10.4. The molecule has 0 bridgehead atoms. The third-order valence-electron chi connectivity index (χ3n) is 4.94. The third kappa shape index (κ3) is 8.99. The maximum absolute atomic E-state index is 11.5. The van der Waals surface area contributed by atoms with Gasteiger partial charge in [0.15, 0.2) is 0 Å². The molecule has 0 saturated carbocycles. The Morgan fingerprint density at radius 3 is 2.24 bits per heavy atom. The van der Waals surface area contributed by atoms with Crippen LogP contribution in [0.25, 0.3) is 0 Å². The number of carbonyl (C=O) groups excluding carboxylic acids is 2. The highest BCUT2D eigenvalue weighted by molar-refractivity contribution is 5.74. The van der Waals surface area contributed by atoms with Crippen molar-refractivity contribution in [1.29, 1.82) is 0 Å². The molecule has 0 spiro atoms. The average Bonchev–Trinajstić information content (AvgIpc) is 3.13. The first-order valence-corrected chi connectivity index (χ1v) is 10.4. The summed E-state index contributed by atoms with van der Waals surface area (Å²) in [7, 11) is 0. The van der Waals surface area contributed by atoms with Crippen LogP contribution < -0.4 is 5.32 Å². The molecule has 0 aliphatic rings. The van der Waals surface area contributed by atoms with Crippen LogP contribution in [0.3, 0.4) is 0 Å². The lowest BCUT2D eigenvalue weighted by Gasteiger charge is -2.29. The fourth-order valence-corrected chi connectivity index (χ4v) is 3.40. The number of aryl methyl sites for hydroxylation is 3. The second-order valence-electron chi connectivity index (χ2n) is 7.94. The van der Waals surface area contributed by atoms with Gasteiger partial charge in [0, 0.05) is 26.7 Å². The van der Waals surface area contributed by atoms with Crippen molar-refractivity contribution in [1.82, 2.24) is 5.32 Å². The van der Waals surface area contributed by atoms with E-state index >= 15 is 0 Å². The second-order valence-corrected chi connectivity index (χ2v) is 7.94. The van der Waals surface area contributed by atoms with Crippen LogP contribution >= 0.6 is 0 Å². The summed E-state index contributed by atoms with van der Waals surface area (Å²) in [4.78, 5) is 22.6. The third-order valence-corrected chi connectivity index (χ3v) is 4.94. The molecule has 158 valence electrons. The first-order chi connectivity index (χ1) is 13.9. The van der Waals surface area contributed by atoms with Crippen molar-refractivity contribution >= 4 is 11.9 Å². The van der Waals surface area contributed by atoms with Crippen molar-refractivity contribution in [2.45, 2.75) is 71.3 Å². The minimum atomic E-state index is -0.609. The van der Waals surface area contributed by atoms with Crippen LogP contribution in [-0.2, 0) is 33.6 Å². The van der Waals surface area contributed by atoms with E-state index in [0.717, 1.165) is 30.8 Å². The monoisotopic (exact) mass is 399 g/mol. The minimum absolute atomic E-state index is 0.143. The first kappa shape index (κ1) is 22.7. The van der Waals surface area contributed by atoms with Crippen molar-refractivity contribution in [2.24, 2.45) is 0 Å². The summed E-state index contributed by atoms with van der Waals surface area (Å²) in [6.07, 6.45) is 6.82. The van der Waals surface area contributed by atoms with Crippen molar-refractivity contribution < 1.29 is 18.7 Å².